The first-order valence-electron chi connectivity index (χ1n) is 9.41. The van der Waals surface area contributed by atoms with Crippen molar-refractivity contribution in [3.63, 3.8) is 0 Å². The van der Waals surface area contributed by atoms with Crippen LogP contribution < -0.4 is 11.1 Å². The smallest absolute Gasteiger partial charge is 0.407 e. The number of carbonyl (C=O) groups is 1. The number of nitrogens with zero attached hydrogens (tertiary/aromatic N) is 3. The van der Waals surface area contributed by atoms with Crippen LogP contribution in [-0.2, 0) is 13.6 Å². The van der Waals surface area contributed by atoms with Gasteiger partial charge in [0.1, 0.15) is 0 Å². The SMILES string of the molecule is Cn1[nH]c2cc(=O)n(CC3CCN(C(=O)O)CC3)c(-c3ccc(Cl)cc3)c2c1=O. The molecule has 2 N–H and O–H groups in total. The summed E-state index contributed by atoms with van der Waals surface area (Å²) in [6.07, 6.45) is 0.420. The van der Waals surface area contributed by atoms with Gasteiger partial charge in [0.15, 0.2) is 0 Å². The Labute approximate surface area is 170 Å². The van der Waals surface area contributed by atoms with Gasteiger partial charge in [-0.25, -0.2) is 4.79 Å². The van der Waals surface area contributed by atoms with E-state index in [1.807, 2.05) is 0 Å². The number of hydrogen-bond acceptors (Lipinski definition) is 3. The molecule has 1 amide bonds. The molecule has 2 aromatic heterocycles. The molecule has 0 bridgehead atoms. The van der Waals surface area contributed by atoms with Crippen molar-refractivity contribution in [2.45, 2.75) is 19.4 Å². The lowest BCUT2D eigenvalue weighted by molar-refractivity contribution is 0.121. The number of hydrogen-bond donors (Lipinski definition) is 2. The average Bonchev–Trinajstić information content (AvgIpc) is 2.97. The van der Waals surface area contributed by atoms with Crippen molar-refractivity contribution in [2.75, 3.05) is 13.1 Å². The van der Waals surface area contributed by atoms with E-state index in [9.17, 15) is 14.4 Å². The van der Waals surface area contributed by atoms with Crippen molar-refractivity contribution >= 4 is 28.6 Å². The summed E-state index contributed by atoms with van der Waals surface area (Å²) in [6.45, 7) is 1.31. The molecule has 0 spiro atoms. The van der Waals surface area contributed by atoms with Crippen LogP contribution in [0.4, 0.5) is 4.79 Å². The van der Waals surface area contributed by atoms with Crippen LogP contribution >= 0.6 is 11.6 Å². The summed E-state index contributed by atoms with van der Waals surface area (Å²) in [5, 5.41) is 13.1. The molecular formula is C20H21ClN4O4. The highest BCUT2D eigenvalue weighted by Crippen LogP contribution is 2.28. The number of benzene rings is 1. The van der Waals surface area contributed by atoms with Gasteiger partial charge in [-0.05, 0) is 36.5 Å². The van der Waals surface area contributed by atoms with Crippen LogP contribution in [0.2, 0.25) is 5.02 Å². The molecule has 0 unspecified atom stereocenters. The zero-order chi connectivity index (χ0) is 20.7. The molecule has 152 valence electrons. The molecule has 3 aromatic rings. The van der Waals surface area contributed by atoms with Crippen LogP contribution in [-0.4, -0.2) is 43.5 Å². The van der Waals surface area contributed by atoms with Crippen molar-refractivity contribution in [1.82, 2.24) is 19.2 Å². The number of aryl methyl sites for hydroxylation is 1. The minimum atomic E-state index is -0.917. The number of nitrogens with one attached hydrogen (secondary N) is 1. The van der Waals surface area contributed by atoms with Crippen LogP contribution in [0.15, 0.2) is 39.9 Å². The van der Waals surface area contributed by atoms with Gasteiger partial charge in [-0.15, -0.1) is 0 Å². The molecule has 1 aromatic carbocycles. The first-order valence-corrected chi connectivity index (χ1v) is 9.79. The van der Waals surface area contributed by atoms with Gasteiger partial charge >= 0.3 is 6.09 Å². The van der Waals surface area contributed by atoms with Gasteiger partial charge in [-0.1, -0.05) is 23.7 Å². The lowest BCUT2D eigenvalue weighted by atomic mass is 9.96. The summed E-state index contributed by atoms with van der Waals surface area (Å²) in [4.78, 5) is 38.3. The van der Waals surface area contributed by atoms with Crippen molar-refractivity contribution in [1.29, 1.82) is 0 Å². The van der Waals surface area contributed by atoms with E-state index in [0.717, 1.165) is 5.56 Å². The minimum absolute atomic E-state index is 0.148. The standard InChI is InChI=1S/C20H21ClN4O4/c1-23-19(27)17-15(22-23)10-16(26)25(18(17)13-2-4-14(21)5-3-13)11-12-6-8-24(9-7-12)20(28)29/h2-5,10,12,22H,6-9,11H2,1H3,(H,28,29). The van der Waals surface area contributed by atoms with E-state index < -0.39 is 6.09 Å². The lowest BCUT2D eigenvalue weighted by Crippen LogP contribution is -2.39. The van der Waals surface area contributed by atoms with Gasteiger partial charge in [-0.3, -0.25) is 19.4 Å². The van der Waals surface area contributed by atoms with Gasteiger partial charge in [0.2, 0.25) is 0 Å². The van der Waals surface area contributed by atoms with E-state index in [4.69, 9.17) is 16.7 Å². The molecule has 1 aliphatic heterocycles. The third-order valence-corrected chi connectivity index (χ3v) is 5.81. The molecule has 0 aliphatic carbocycles. The summed E-state index contributed by atoms with van der Waals surface area (Å²) in [7, 11) is 1.62. The molecule has 0 radical (unpaired) electrons. The summed E-state index contributed by atoms with van der Waals surface area (Å²) in [5.41, 5.74) is 1.37. The van der Waals surface area contributed by atoms with Gasteiger partial charge in [0, 0.05) is 37.8 Å². The van der Waals surface area contributed by atoms with E-state index in [0.29, 0.717) is 54.1 Å². The fraction of sp³-hybridized carbons (Fsp3) is 0.350. The molecule has 3 heterocycles. The molecule has 8 nitrogen and oxygen atoms in total. The van der Waals surface area contributed by atoms with E-state index in [1.54, 1.807) is 35.9 Å². The first-order chi connectivity index (χ1) is 13.8. The summed E-state index contributed by atoms with van der Waals surface area (Å²) in [6, 6.07) is 8.50. The quantitative estimate of drug-likeness (QED) is 0.685. The lowest BCUT2D eigenvalue weighted by Gasteiger charge is -2.30. The topological polar surface area (TPSA) is 100 Å². The molecule has 1 fully saturated rings. The summed E-state index contributed by atoms with van der Waals surface area (Å²) in [5.74, 6) is 0.148. The largest absolute Gasteiger partial charge is 0.465 e. The predicted molar refractivity (Wildman–Crippen MR) is 111 cm³/mol. The maximum atomic E-state index is 13.0. The van der Waals surface area contributed by atoms with E-state index in [2.05, 4.69) is 5.10 Å². The second kappa shape index (κ2) is 7.44. The fourth-order valence-electron chi connectivity index (χ4n) is 4.00. The van der Waals surface area contributed by atoms with Crippen molar-refractivity contribution in [3.8, 4) is 11.3 Å². The number of fused-ring (bicyclic) bond motifs is 1. The number of rotatable bonds is 3. The predicted octanol–water partition coefficient (Wildman–Crippen LogP) is 2.74. The maximum absolute atomic E-state index is 13.0. The van der Waals surface area contributed by atoms with Crippen LogP contribution in [0.1, 0.15) is 12.8 Å². The molecule has 29 heavy (non-hydrogen) atoms. The molecule has 9 heteroatoms. The van der Waals surface area contributed by atoms with Crippen molar-refractivity contribution in [2.24, 2.45) is 13.0 Å². The fourth-order valence-corrected chi connectivity index (χ4v) is 4.13. The van der Waals surface area contributed by atoms with Gasteiger partial charge in [0.05, 0.1) is 16.6 Å². The number of H-pyrrole nitrogens is 1. The molecule has 1 saturated heterocycles. The number of aromatic nitrogens is 3. The van der Waals surface area contributed by atoms with E-state index in [1.165, 1.54) is 15.6 Å². The number of halogens is 1. The van der Waals surface area contributed by atoms with Crippen LogP contribution in [0, 0.1) is 5.92 Å². The normalized spacial score (nSPS) is 15.2. The second-order valence-corrected chi connectivity index (χ2v) is 7.86. The molecular weight excluding hydrogens is 396 g/mol. The first kappa shape index (κ1) is 19.3. The monoisotopic (exact) mass is 416 g/mol. The number of carboxylic acid groups (broad SMARTS) is 1. The molecule has 0 saturated carbocycles. The molecule has 0 atom stereocenters. The number of aromatic amines is 1. The third kappa shape index (κ3) is 3.55. The van der Waals surface area contributed by atoms with Crippen LogP contribution in [0.25, 0.3) is 22.2 Å². The van der Waals surface area contributed by atoms with Gasteiger partial charge in [-0.2, -0.15) is 0 Å². The number of piperidine rings is 1. The summed E-state index contributed by atoms with van der Waals surface area (Å²) < 4.78 is 3.00. The number of pyridine rings is 1. The Morgan fingerprint density at radius 3 is 2.48 bits per heavy atom. The number of likely N-dealkylation sites (tertiary alicyclic amines) is 1. The minimum Gasteiger partial charge on any atom is -0.465 e. The summed E-state index contributed by atoms with van der Waals surface area (Å²) >= 11 is 6.03. The Balaban J connectivity index is 1.82. The Morgan fingerprint density at radius 1 is 1.21 bits per heavy atom. The molecule has 4 rings (SSSR count). The van der Waals surface area contributed by atoms with Gasteiger partial charge in [0.25, 0.3) is 11.1 Å². The van der Waals surface area contributed by atoms with Crippen LogP contribution in [0.5, 0.6) is 0 Å². The highest BCUT2D eigenvalue weighted by Gasteiger charge is 2.25. The Bertz CT molecular complexity index is 1180. The van der Waals surface area contributed by atoms with Crippen molar-refractivity contribution < 1.29 is 9.90 Å². The molecule has 1 aliphatic rings. The zero-order valence-corrected chi connectivity index (χ0v) is 16.6. The zero-order valence-electron chi connectivity index (χ0n) is 15.9. The highest BCUT2D eigenvalue weighted by molar-refractivity contribution is 6.30. The maximum Gasteiger partial charge on any atom is 0.407 e. The number of amides is 1. The van der Waals surface area contributed by atoms with Crippen molar-refractivity contribution in [3.05, 3.63) is 56.1 Å². The third-order valence-electron chi connectivity index (χ3n) is 5.56. The van der Waals surface area contributed by atoms with E-state index >= 15 is 0 Å². The van der Waals surface area contributed by atoms with E-state index in [-0.39, 0.29) is 17.0 Å². The average molecular weight is 417 g/mol. The second-order valence-electron chi connectivity index (χ2n) is 7.43. The Morgan fingerprint density at radius 2 is 1.86 bits per heavy atom. The van der Waals surface area contributed by atoms with Crippen LogP contribution in [0.3, 0.4) is 0 Å². The Kier molecular flexibility index (Phi) is 4.96. The Hall–Kier alpha value is -3.00. The van der Waals surface area contributed by atoms with Gasteiger partial charge < -0.3 is 14.6 Å². The highest BCUT2D eigenvalue weighted by atomic mass is 35.5.